The van der Waals surface area contributed by atoms with Crippen LogP contribution in [-0.4, -0.2) is 18.1 Å². The van der Waals surface area contributed by atoms with Gasteiger partial charge in [-0.15, -0.1) is 0 Å². The van der Waals surface area contributed by atoms with Gasteiger partial charge < -0.3 is 15.8 Å². The molecule has 1 rings (SSSR count). The first-order valence-corrected chi connectivity index (χ1v) is 7.50. The lowest BCUT2D eigenvalue weighted by atomic mass is 9.74. The average molecular weight is 313 g/mol. The molecule has 0 atom stereocenters. The van der Waals surface area contributed by atoms with Gasteiger partial charge in [0.2, 0.25) is 5.91 Å². The topological polar surface area (TPSA) is 64.3 Å². The van der Waals surface area contributed by atoms with Gasteiger partial charge in [-0.3, -0.25) is 4.79 Å². The summed E-state index contributed by atoms with van der Waals surface area (Å²) in [5.41, 5.74) is 5.27. The van der Waals surface area contributed by atoms with Crippen LogP contribution < -0.4 is 15.8 Å². The molecular weight excluding hydrogens is 288 g/mol. The molecule has 0 unspecified atom stereocenters. The van der Waals surface area contributed by atoms with E-state index in [0.29, 0.717) is 23.1 Å². The molecule has 1 aromatic carbocycles. The van der Waals surface area contributed by atoms with E-state index in [-0.39, 0.29) is 5.91 Å². The zero-order chi connectivity index (χ0) is 16.3. The van der Waals surface area contributed by atoms with Gasteiger partial charge in [0.25, 0.3) is 0 Å². The summed E-state index contributed by atoms with van der Waals surface area (Å²) >= 11 is 6.01. The third-order valence-corrected chi connectivity index (χ3v) is 4.07. The van der Waals surface area contributed by atoms with Crippen LogP contribution in [0.3, 0.4) is 0 Å². The first-order chi connectivity index (χ1) is 9.59. The van der Waals surface area contributed by atoms with Crippen LogP contribution in [0.2, 0.25) is 5.02 Å². The lowest BCUT2D eigenvalue weighted by Crippen LogP contribution is -2.53. The van der Waals surface area contributed by atoms with Crippen molar-refractivity contribution in [1.29, 1.82) is 0 Å². The molecular formula is C16H25ClN2O2. The van der Waals surface area contributed by atoms with E-state index >= 15 is 0 Å². The number of anilines is 1. The summed E-state index contributed by atoms with van der Waals surface area (Å²) in [6.07, 6.45) is 0.886. The zero-order valence-corrected chi connectivity index (χ0v) is 14.2. The fourth-order valence-electron chi connectivity index (χ4n) is 1.51. The van der Waals surface area contributed by atoms with Crippen LogP contribution in [0.15, 0.2) is 18.2 Å². The summed E-state index contributed by atoms with van der Waals surface area (Å²) in [5.74, 6) is 0.443. The van der Waals surface area contributed by atoms with Gasteiger partial charge in [-0.25, -0.2) is 0 Å². The normalized spacial score (nSPS) is 12.1. The Labute approximate surface area is 132 Å². The smallest absolute Gasteiger partial charge is 0.231 e. The van der Waals surface area contributed by atoms with Crippen molar-refractivity contribution in [2.75, 3.05) is 11.9 Å². The fourth-order valence-corrected chi connectivity index (χ4v) is 1.68. The maximum Gasteiger partial charge on any atom is 0.231 e. The van der Waals surface area contributed by atoms with Crippen molar-refractivity contribution in [3.05, 3.63) is 23.2 Å². The molecule has 5 heteroatoms. The number of ether oxygens (including phenoxy) is 1. The monoisotopic (exact) mass is 312 g/mol. The van der Waals surface area contributed by atoms with Crippen molar-refractivity contribution < 1.29 is 9.53 Å². The Morgan fingerprint density at radius 1 is 1.33 bits per heavy atom. The predicted octanol–water partition coefficient (Wildman–Crippen LogP) is 3.83. The fraction of sp³-hybridized carbons (Fsp3) is 0.562. The van der Waals surface area contributed by atoms with Crippen molar-refractivity contribution in [2.45, 2.75) is 46.6 Å². The summed E-state index contributed by atoms with van der Waals surface area (Å²) in [4.78, 5) is 12.5. The molecule has 0 heterocycles. The van der Waals surface area contributed by atoms with Crippen LogP contribution >= 0.6 is 11.6 Å². The highest BCUT2D eigenvalue weighted by atomic mass is 35.5. The third kappa shape index (κ3) is 4.35. The Bertz CT molecular complexity index is 507. The number of carbonyl (C=O) groups is 1. The molecule has 1 amide bonds. The summed E-state index contributed by atoms with van der Waals surface area (Å²) in [7, 11) is 0. The average Bonchev–Trinajstić information content (AvgIpc) is 2.36. The minimum atomic E-state index is -0.739. The molecule has 118 valence electrons. The van der Waals surface area contributed by atoms with Crippen LogP contribution in [0.5, 0.6) is 5.75 Å². The van der Waals surface area contributed by atoms with E-state index in [9.17, 15) is 4.79 Å². The number of carbonyl (C=O) groups excluding carboxylic acids is 1. The molecule has 1 aromatic rings. The number of nitrogens with two attached hydrogens (primary N) is 1. The van der Waals surface area contributed by atoms with Crippen LogP contribution in [0.25, 0.3) is 0 Å². The number of halogens is 1. The quantitative estimate of drug-likeness (QED) is 0.839. The lowest BCUT2D eigenvalue weighted by molar-refractivity contribution is -0.126. The Morgan fingerprint density at radius 3 is 2.48 bits per heavy atom. The molecule has 0 aliphatic heterocycles. The van der Waals surface area contributed by atoms with Crippen LogP contribution in [0.1, 0.15) is 41.0 Å². The van der Waals surface area contributed by atoms with E-state index in [2.05, 4.69) is 5.32 Å². The standard InChI is InChI=1S/C16H25ClN2O2/c1-6-9-21-13-8-7-11(17)10-12(13)19-14(20)15(2,3)16(4,5)18/h7-8,10H,6,9,18H2,1-5H3,(H,19,20). The number of rotatable bonds is 6. The van der Waals surface area contributed by atoms with Crippen molar-refractivity contribution in [3.63, 3.8) is 0 Å². The van der Waals surface area contributed by atoms with Crippen molar-refractivity contribution in [2.24, 2.45) is 11.1 Å². The molecule has 0 aliphatic rings. The first kappa shape index (κ1) is 17.8. The minimum Gasteiger partial charge on any atom is -0.491 e. The molecule has 0 radical (unpaired) electrons. The van der Waals surface area contributed by atoms with Crippen LogP contribution in [0, 0.1) is 5.41 Å². The van der Waals surface area contributed by atoms with E-state index in [4.69, 9.17) is 22.1 Å². The summed E-state index contributed by atoms with van der Waals surface area (Å²) in [6, 6.07) is 5.18. The van der Waals surface area contributed by atoms with Crippen molar-refractivity contribution in [3.8, 4) is 5.75 Å². The second kappa shape index (κ2) is 6.67. The highest BCUT2D eigenvalue weighted by Gasteiger charge is 2.40. The molecule has 0 aliphatic carbocycles. The Kier molecular flexibility index (Phi) is 5.65. The Balaban J connectivity index is 3.01. The number of hydrogen-bond acceptors (Lipinski definition) is 3. The maximum atomic E-state index is 12.5. The van der Waals surface area contributed by atoms with Gasteiger partial charge in [0.15, 0.2) is 0 Å². The molecule has 0 spiro atoms. The van der Waals surface area contributed by atoms with Gasteiger partial charge in [0.05, 0.1) is 17.7 Å². The van der Waals surface area contributed by atoms with E-state index < -0.39 is 11.0 Å². The van der Waals surface area contributed by atoms with Gasteiger partial charge in [-0.05, 0) is 52.3 Å². The first-order valence-electron chi connectivity index (χ1n) is 7.12. The van der Waals surface area contributed by atoms with Gasteiger partial charge in [-0.1, -0.05) is 18.5 Å². The summed E-state index contributed by atoms with van der Waals surface area (Å²) in [6.45, 7) is 9.90. The highest BCUT2D eigenvalue weighted by molar-refractivity contribution is 6.31. The molecule has 3 N–H and O–H groups in total. The summed E-state index contributed by atoms with van der Waals surface area (Å²) in [5, 5.41) is 3.42. The van der Waals surface area contributed by atoms with E-state index in [1.807, 2.05) is 34.6 Å². The number of benzene rings is 1. The number of nitrogens with one attached hydrogen (secondary N) is 1. The largest absolute Gasteiger partial charge is 0.491 e. The molecule has 0 saturated heterocycles. The molecule has 0 saturated carbocycles. The summed E-state index contributed by atoms with van der Waals surface area (Å²) < 4.78 is 5.64. The highest BCUT2D eigenvalue weighted by Crippen LogP contribution is 2.33. The molecule has 0 fully saturated rings. The second-order valence-corrected chi connectivity index (χ2v) is 6.73. The van der Waals surface area contributed by atoms with Crippen molar-refractivity contribution in [1.82, 2.24) is 0 Å². The van der Waals surface area contributed by atoms with Gasteiger partial charge in [0, 0.05) is 10.6 Å². The predicted molar refractivity (Wildman–Crippen MR) is 87.9 cm³/mol. The second-order valence-electron chi connectivity index (χ2n) is 6.29. The number of hydrogen-bond donors (Lipinski definition) is 2. The van der Waals surface area contributed by atoms with E-state index in [1.54, 1.807) is 18.2 Å². The lowest BCUT2D eigenvalue weighted by Gasteiger charge is -2.37. The molecule has 21 heavy (non-hydrogen) atoms. The molecule has 4 nitrogen and oxygen atoms in total. The number of amides is 1. The molecule has 0 bridgehead atoms. The van der Waals surface area contributed by atoms with Crippen LogP contribution in [-0.2, 0) is 4.79 Å². The minimum absolute atomic E-state index is 0.168. The Hall–Kier alpha value is -1.26. The Morgan fingerprint density at radius 2 is 1.95 bits per heavy atom. The van der Waals surface area contributed by atoms with Gasteiger partial charge >= 0.3 is 0 Å². The van der Waals surface area contributed by atoms with Crippen LogP contribution in [0.4, 0.5) is 5.69 Å². The molecule has 0 aromatic heterocycles. The zero-order valence-electron chi connectivity index (χ0n) is 13.4. The third-order valence-electron chi connectivity index (χ3n) is 3.83. The van der Waals surface area contributed by atoms with Gasteiger partial charge in [-0.2, -0.15) is 0 Å². The van der Waals surface area contributed by atoms with Crippen molar-refractivity contribution >= 4 is 23.2 Å². The van der Waals surface area contributed by atoms with E-state index in [0.717, 1.165) is 6.42 Å². The maximum absolute atomic E-state index is 12.5. The SMILES string of the molecule is CCCOc1ccc(Cl)cc1NC(=O)C(C)(C)C(C)(C)N. The van der Waals surface area contributed by atoms with E-state index in [1.165, 1.54) is 0 Å². The van der Waals surface area contributed by atoms with Gasteiger partial charge in [0.1, 0.15) is 5.75 Å².